The van der Waals surface area contributed by atoms with Crippen LogP contribution in [0.1, 0.15) is 18.4 Å². The molecule has 0 saturated carbocycles. The molecule has 0 aliphatic heterocycles. The summed E-state index contributed by atoms with van der Waals surface area (Å²) in [6.45, 7) is 1.90. The van der Waals surface area contributed by atoms with E-state index < -0.39 is 24.4 Å². The maximum atomic E-state index is 11.4. The predicted octanol–water partition coefficient (Wildman–Crippen LogP) is 0.958. The maximum Gasteiger partial charge on any atom is 0.136 e. The van der Waals surface area contributed by atoms with Gasteiger partial charge in [-0.3, -0.25) is 4.99 Å². The number of rotatable bonds is 6. The summed E-state index contributed by atoms with van der Waals surface area (Å²) in [5.74, 6) is -2.23. The largest absolute Gasteiger partial charge is 0.550 e. The molecule has 0 fully saturated rings. The van der Waals surface area contributed by atoms with Crippen molar-refractivity contribution in [3.8, 4) is 11.3 Å². The number of benzene rings is 2. The van der Waals surface area contributed by atoms with Crippen LogP contribution in [0.3, 0.4) is 0 Å². The van der Waals surface area contributed by atoms with E-state index in [9.17, 15) is 19.8 Å². The number of nitrogens with zero attached hydrogens (tertiary/aromatic N) is 1. The lowest BCUT2D eigenvalue weighted by Gasteiger charge is -2.14. The normalized spacial score (nSPS) is 12.9. The SMILES string of the molecule is Cc1ccc2oc(-c3ccccc3)cc(=NC(CCC(=O)[O-])C(=O)[O-])c2c1. The number of carboxylic acids is 2. The van der Waals surface area contributed by atoms with Crippen molar-refractivity contribution >= 4 is 22.9 Å². The molecule has 0 bridgehead atoms. The van der Waals surface area contributed by atoms with Crippen molar-refractivity contribution in [2.24, 2.45) is 4.99 Å². The van der Waals surface area contributed by atoms with Crippen LogP contribution in [0.2, 0.25) is 0 Å². The Morgan fingerprint density at radius 1 is 1.07 bits per heavy atom. The van der Waals surface area contributed by atoms with Gasteiger partial charge in [-0.15, -0.1) is 0 Å². The highest BCUT2D eigenvalue weighted by atomic mass is 16.4. The first-order chi connectivity index (χ1) is 12.9. The molecule has 27 heavy (non-hydrogen) atoms. The van der Waals surface area contributed by atoms with E-state index in [4.69, 9.17) is 4.42 Å². The van der Waals surface area contributed by atoms with Crippen LogP contribution in [0.5, 0.6) is 0 Å². The zero-order valence-electron chi connectivity index (χ0n) is 14.7. The third-order valence-corrected chi connectivity index (χ3v) is 4.15. The van der Waals surface area contributed by atoms with Gasteiger partial charge in [0.25, 0.3) is 0 Å². The molecule has 0 N–H and O–H groups in total. The van der Waals surface area contributed by atoms with Crippen LogP contribution in [-0.2, 0) is 9.59 Å². The minimum Gasteiger partial charge on any atom is -0.550 e. The molecule has 0 spiro atoms. The molecule has 0 saturated heterocycles. The molecule has 6 nitrogen and oxygen atoms in total. The molecule has 0 radical (unpaired) electrons. The van der Waals surface area contributed by atoms with Gasteiger partial charge in [-0.25, -0.2) is 0 Å². The van der Waals surface area contributed by atoms with Gasteiger partial charge in [-0.2, -0.15) is 0 Å². The predicted molar refractivity (Wildman–Crippen MR) is 95.0 cm³/mol. The number of carbonyl (C=O) groups excluding carboxylic acids is 2. The second kappa shape index (κ2) is 7.86. The molecular formula is C21H17NO5-2. The standard InChI is InChI=1S/C21H19NO5/c1-13-7-9-18-15(11-13)17(22-16(21(25)26)8-10-20(23)24)12-19(27-18)14-5-3-2-4-6-14/h2-7,9,11-12,16H,8,10H2,1H3,(H,23,24)(H,25,26)/p-2. The number of carbonyl (C=O) groups is 2. The highest BCUT2D eigenvalue weighted by Crippen LogP contribution is 2.22. The summed E-state index contributed by atoms with van der Waals surface area (Å²) in [6.07, 6.45) is -0.619. The summed E-state index contributed by atoms with van der Waals surface area (Å²) in [7, 11) is 0. The molecule has 3 rings (SSSR count). The Hall–Kier alpha value is -3.41. The lowest BCUT2D eigenvalue weighted by Crippen LogP contribution is -2.37. The van der Waals surface area contributed by atoms with Crippen LogP contribution in [0.15, 0.2) is 64.0 Å². The lowest BCUT2D eigenvalue weighted by atomic mass is 10.1. The lowest BCUT2D eigenvalue weighted by molar-refractivity contribution is -0.309. The average molecular weight is 363 g/mol. The third kappa shape index (κ3) is 4.41. The minimum atomic E-state index is -1.43. The summed E-state index contributed by atoms with van der Waals surface area (Å²) >= 11 is 0. The highest BCUT2D eigenvalue weighted by Gasteiger charge is 2.11. The molecule has 1 heterocycles. The van der Waals surface area contributed by atoms with Gasteiger partial charge in [0.15, 0.2) is 0 Å². The fourth-order valence-electron chi connectivity index (χ4n) is 2.79. The van der Waals surface area contributed by atoms with Crippen molar-refractivity contribution in [1.82, 2.24) is 0 Å². The summed E-state index contributed by atoms with van der Waals surface area (Å²) in [5, 5.41) is 23.2. The van der Waals surface area contributed by atoms with E-state index in [1.165, 1.54) is 0 Å². The second-order valence-corrected chi connectivity index (χ2v) is 6.24. The van der Waals surface area contributed by atoms with Crippen molar-refractivity contribution in [1.29, 1.82) is 0 Å². The van der Waals surface area contributed by atoms with Crippen LogP contribution in [0.4, 0.5) is 0 Å². The van der Waals surface area contributed by atoms with Gasteiger partial charge >= 0.3 is 0 Å². The van der Waals surface area contributed by atoms with E-state index in [1.807, 2.05) is 49.4 Å². The minimum absolute atomic E-state index is 0.204. The Labute approximate surface area is 155 Å². The van der Waals surface area contributed by atoms with Gasteiger partial charge in [0.2, 0.25) is 0 Å². The molecule has 3 aromatic rings. The topological polar surface area (TPSA) is 106 Å². The Morgan fingerprint density at radius 2 is 1.81 bits per heavy atom. The Kier molecular flexibility index (Phi) is 5.35. The van der Waals surface area contributed by atoms with Gasteiger partial charge in [0, 0.05) is 23.0 Å². The first-order valence-electron chi connectivity index (χ1n) is 8.48. The van der Waals surface area contributed by atoms with Gasteiger partial charge in [0.05, 0.1) is 17.4 Å². The smallest absolute Gasteiger partial charge is 0.136 e. The maximum absolute atomic E-state index is 11.4. The molecule has 0 amide bonds. The van der Waals surface area contributed by atoms with Crippen LogP contribution in [-0.4, -0.2) is 18.0 Å². The van der Waals surface area contributed by atoms with Crippen LogP contribution < -0.4 is 15.6 Å². The monoisotopic (exact) mass is 363 g/mol. The second-order valence-electron chi connectivity index (χ2n) is 6.24. The quantitative estimate of drug-likeness (QED) is 0.648. The zero-order chi connectivity index (χ0) is 19.4. The summed E-state index contributed by atoms with van der Waals surface area (Å²) in [6, 6.07) is 15.2. The van der Waals surface area contributed by atoms with Crippen molar-refractivity contribution in [3.05, 3.63) is 65.5 Å². The van der Waals surface area contributed by atoms with E-state index in [0.717, 1.165) is 11.1 Å². The molecule has 1 atom stereocenters. The highest BCUT2D eigenvalue weighted by molar-refractivity contribution is 5.80. The first kappa shape index (κ1) is 18.4. The number of aryl methyl sites for hydroxylation is 1. The van der Waals surface area contributed by atoms with Crippen molar-refractivity contribution in [2.45, 2.75) is 25.8 Å². The van der Waals surface area contributed by atoms with Crippen LogP contribution in [0, 0.1) is 6.92 Å². The fourth-order valence-corrected chi connectivity index (χ4v) is 2.79. The molecule has 1 unspecified atom stereocenters. The number of carboxylic acid groups (broad SMARTS) is 2. The fraction of sp³-hybridized carbons (Fsp3) is 0.190. The number of hydrogen-bond acceptors (Lipinski definition) is 6. The Morgan fingerprint density at radius 3 is 2.48 bits per heavy atom. The average Bonchev–Trinajstić information content (AvgIpc) is 2.65. The van der Waals surface area contributed by atoms with Gasteiger partial charge < -0.3 is 24.2 Å². The summed E-state index contributed by atoms with van der Waals surface area (Å²) in [4.78, 5) is 26.4. The first-order valence-corrected chi connectivity index (χ1v) is 8.48. The van der Waals surface area contributed by atoms with Crippen molar-refractivity contribution in [2.75, 3.05) is 0 Å². The van der Waals surface area contributed by atoms with E-state index >= 15 is 0 Å². The van der Waals surface area contributed by atoms with Crippen LogP contribution in [0.25, 0.3) is 22.3 Å². The molecule has 2 aromatic carbocycles. The Bertz CT molecular complexity index is 1050. The summed E-state index contributed by atoms with van der Waals surface area (Å²) < 4.78 is 5.96. The number of fused-ring (bicyclic) bond motifs is 1. The van der Waals surface area contributed by atoms with E-state index in [0.29, 0.717) is 22.1 Å². The summed E-state index contributed by atoms with van der Waals surface area (Å²) in [5.41, 5.74) is 2.33. The molecular weight excluding hydrogens is 346 g/mol. The van der Waals surface area contributed by atoms with Crippen LogP contribution >= 0.6 is 0 Å². The number of aliphatic carboxylic acids is 2. The van der Waals surface area contributed by atoms with Gasteiger partial charge in [-0.05, 0) is 31.9 Å². The molecule has 0 aliphatic rings. The van der Waals surface area contributed by atoms with Gasteiger partial charge in [0.1, 0.15) is 11.3 Å². The molecule has 138 valence electrons. The zero-order valence-corrected chi connectivity index (χ0v) is 14.7. The Balaban J connectivity index is 2.20. The number of hydrogen-bond donors (Lipinski definition) is 0. The van der Waals surface area contributed by atoms with E-state index in [-0.39, 0.29) is 6.42 Å². The van der Waals surface area contributed by atoms with E-state index in [1.54, 1.807) is 12.1 Å². The third-order valence-electron chi connectivity index (χ3n) is 4.15. The van der Waals surface area contributed by atoms with Gasteiger partial charge in [-0.1, -0.05) is 42.0 Å². The molecule has 6 heteroatoms. The molecule has 1 aromatic heterocycles. The van der Waals surface area contributed by atoms with Crippen molar-refractivity contribution < 1.29 is 24.2 Å². The van der Waals surface area contributed by atoms with Crippen molar-refractivity contribution in [3.63, 3.8) is 0 Å². The van der Waals surface area contributed by atoms with E-state index in [2.05, 4.69) is 4.99 Å². The molecule has 0 aliphatic carbocycles.